The van der Waals surface area contributed by atoms with Crippen molar-refractivity contribution in [2.24, 2.45) is 0 Å². The lowest BCUT2D eigenvalue weighted by Crippen LogP contribution is -2.00. The summed E-state index contributed by atoms with van der Waals surface area (Å²) in [5.41, 5.74) is 15.9. The fourth-order valence-corrected chi connectivity index (χ4v) is 2.52. The quantitative estimate of drug-likeness (QED) is 0.782. The van der Waals surface area contributed by atoms with E-state index in [4.69, 9.17) is 11.5 Å². The second-order valence-electron chi connectivity index (χ2n) is 5.72. The van der Waals surface area contributed by atoms with E-state index in [1.54, 1.807) is 0 Å². The van der Waals surface area contributed by atoms with Crippen molar-refractivity contribution >= 4 is 11.4 Å². The van der Waals surface area contributed by atoms with Crippen LogP contribution in [0.4, 0.5) is 11.4 Å². The molecule has 2 unspecified atom stereocenters. The van der Waals surface area contributed by atoms with Gasteiger partial charge in [0.15, 0.2) is 0 Å². The monoisotopic (exact) mass is 268 g/mol. The summed E-state index contributed by atoms with van der Waals surface area (Å²) < 4.78 is 0. The summed E-state index contributed by atoms with van der Waals surface area (Å²) in [6.07, 6.45) is 2.33. The lowest BCUT2D eigenvalue weighted by Gasteiger charge is -2.17. The smallest absolute Gasteiger partial charge is 0.0316 e. The Labute approximate surface area is 121 Å². The minimum absolute atomic E-state index is 0.537. The highest BCUT2D eigenvalue weighted by atomic mass is 14.5. The van der Waals surface area contributed by atoms with Crippen molar-refractivity contribution in [3.63, 3.8) is 0 Å². The molecule has 0 heterocycles. The van der Waals surface area contributed by atoms with Crippen LogP contribution in [0.3, 0.4) is 0 Å². The summed E-state index contributed by atoms with van der Waals surface area (Å²) in [6.45, 7) is 4.54. The molecule has 0 saturated heterocycles. The van der Waals surface area contributed by atoms with Gasteiger partial charge in [-0.2, -0.15) is 0 Å². The van der Waals surface area contributed by atoms with E-state index in [2.05, 4.69) is 38.1 Å². The van der Waals surface area contributed by atoms with Crippen LogP contribution in [0, 0.1) is 0 Å². The Hall–Kier alpha value is -1.96. The molecule has 0 aliphatic carbocycles. The van der Waals surface area contributed by atoms with Crippen molar-refractivity contribution in [1.29, 1.82) is 0 Å². The first kappa shape index (κ1) is 14.4. The zero-order valence-corrected chi connectivity index (χ0v) is 12.3. The van der Waals surface area contributed by atoms with Crippen LogP contribution >= 0.6 is 0 Å². The molecule has 0 saturated carbocycles. The van der Waals surface area contributed by atoms with Gasteiger partial charge < -0.3 is 11.5 Å². The van der Waals surface area contributed by atoms with Crippen LogP contribution in [0.5, 0.6) is 0 Å². The van der Waals surface area contributed by atoms with E-state index in [0.29, 0.717) is 11.8 Å². The van der Waals surface area contributed by atoms with Crippen LogP contribution in [0.15, 0.2) is 48.5 Å². The highest BCUT2D eigenvalue weighted by Gasteiger charge is 2.10. The first-order chi connectivity index (χ1) is 9.56. The largest absolute Gasteiger partial charge is 0.399 e. The lowest BCUT2D eigenvalue weighted by atomic mass is 9.89. The topological polar surface area (TPSA) is 52.0 Å². The van der Waals surface area contributed by atoms with Gasteiger partial charge in [-0.25, -0.2) is 0 Å². The molecule has 2 aromatic carbocycles. The van der Waals surface area contributed by atoms with Gasteiger partial charge in [0.05, 0.1) is 0 Å². The van der Waals surface area contributed by atoms with E-state index in [0.717, 1.165) is 17.8 Å². The lowest BCUT2D eigenvalue weighted by molar-refractivity contribution is 0.574. The third kappa shape index (κ3) is 3.77. The second-order valence-corrected chi connectivity index (χ2v) is 5.72. The molecule has 0 radical (unpaired) electrons. The number of nitrogen functional groups attached to an aromatic ring is 2. The fraction of sp³-hybridized carbons (Fsp3) is 0.333. The number of nitrogens with two attached hydrogens (primary N) is 2. The number of anilines is 2. The van der Waals surface area contributed by atoms with Crippen LogP contribution in [-0.4, -0.2) is 0 Å². The summed E-state index contributed by atoms with van der Waals surface area (Å²) in [5.74, 6) is 1.09. The minimum Gasteiger partial charge on any atom is -0.399 e. The first-order valence-corrected chi connectivity index (χ1v) is 7.27. The molecule has 0 spiro atoms. The van der Waals surface area contributed by atoms with Crippen molar-refractivity contribution in [1.82, 2.24) is 0 Å². The molecule has 4 N–H and O–H groups in total. The van der Waals surface area contributed by atoms with E-state index >= 15 is 0 Å². The number of rotatable bonds is 5. The molecule has 2 nitrogen and oxygen atoms in total. The van der Waals surface area contributed by atoms with Gasteiger partial charge in [-0.15, -0.1) is 0 Å². The van der Waals surface area contributed by atoms with Gasteiger partial charge >= 0.3 is 0 Å². The van der Waals surface area contributed by atoms with Crippen LogP contribution in [-0.2, 0) is 0 Å². The molecule has 2 atom stereocenters. The zero-order chi connectivity index (χ0) is 14.5. The Balaban J connectivity index is 1.93. The van der Waals surface area contributed by atoms with E-state index in [-0.39, 0.29) is 0 Å². The van der Waals surface area contributed by atoms with Gasteiger partial charge in [0.1, 0.15) is 0 Å². The molecule has 2 aromatic rings. The Bertz CT molecular complexity index is 546. The molecular formula is C18H24N2. The van der Waals surface area contributed by atoms with Crippen LogP contribution in [0.25, 0.3) is 0 Å². The average Bonchev–Trinajstić information content (AvgIpc) is 2.45. The summed E-state index contributed by atoms with van der Waals surface area (Å²) in [7, 11) is 0. The molecule has 20 heavy (non-hydrogen) atoms. The van der Waals surface area contributed by atoms with Gasteiger partial charge in [-0.05, 0) is 60.1 Å². The third-order valence-corrected chi connectivity index (χ3v) is 4.02. The van der Waals surface area contributed by atoms with Crippen LogP contribution in [0.2, 0.25) is 0 Å². The molecule has 0 bridgehead atoms. The zero-order valence-electron chi connectivity index (χ0n) is 12.3. The predicted molar refractivity (Wildman–Crippen MR) is 87.8 cm³/mol. The highest BCUT2D eigenvalue weighted by molar-refractivity contribution is 5.42. The van der Waals surface area contributed by atoms with Gasteiger partial charge in [-0.3, -0.25) is 0 Å². The predicted octanol–water partition coefficient (Wildman–Crippen LogP) is 4.54. The molecular weight excluding hydrogens is 244 g/mol. The SMILES string of the molecule is CC(CCC(C)c1cccc(N)c1)c1ccc(N)cc1. The minimum atomic E-state index is 0.537. The Morgan fingerprint density at radius 1 is 0.750 bits per heavy atom. The van der Waals surface area contributed by atoms with Crippen LogP contribution < -0.4 is 11.5 Å². The Morgan fingerprint density at radius 3 is 1.95 bits per heavy atom. The Kier molecular flexibility index (Phi) is 4.67. The average molecular weight is 268 g/mol. The molecule has 0 aromatic heterocycles. The van der Waals surface area contributed by atoms with Crippen molar-refractivity contribution in [2.75, 3.05) is 11.5 Å². The molecule has 2 heteroatoms. The van der Waals surface area contributed by atoms with Gasteiger partial charge in [0.25, 0.3) is 0 Å². The molecule has 0 aliphatic heterocycles. The van der Waals surface area contributed by atoms with E-state index < -0.39 is 0 Å². The number of hydrogen-bond donors (Lipinski definition) is 2. The molecule has 0 aliphatic rings. The fourth-order valence-electron chi connectivity index (χ4n) is 2.52. The number of benzene rings is 2. The summed E-state index contributed by atoms with van der Waals surface area (Å²) >= 11 is 0. The molecule has 0 fully saturated rings. The maximum Gasteiger partial charge on any atom is 0.0316 e. The van der Waals surface area contributed by atoms with Crippen molar-refractivity contribution < 1.29 is 0 Å². The van der Waals surface area contributed by atoms with Crippen LogP contribution in [0.1, 0.15) is 49.7 Å². The van der Waals surface area contributed by atoms with Crippen molar-refractivity contribution in [3.8, 4) is 0 Å². The maximum absolute atomic E-state index is 5.85. The van der Waals surface area contributed by atoms with Crippen molar-refractivity contribution in [3.05, 3.63) is 59.7 Å². The number of hydrogen-bond acceptors (Lipinski definition) is 2. The third-order valence-electron chi connectivity index (χ3n) is 4.02. The normalized spacial score (nSPS) is 13.9. The molecule has 2 rings (SSSR count). The molecule has 0 amide bonds. The standard InChI is InChI=1S/C18H24N2/c1-13(15-8-10-17(19)11-9-15)6-7-14(2)16-4-3-5-18(20)12-16/h3-5,8-14H,6-7,19-20H2,1-2H3. The Morgan fingerprint density at radius 2 is 1.35 bits per heavy atom. The maximum atomic E-state index is 5.85. The van der Waals surface area contributed by atoms with E-state index in [1.807, 2.05) is 24.3 Å². The highest BCUT2D eigenvalue weighted by Crippen LogP contribution is 2.28. The van der Waals surface area contributed by atoms with E-state index in [1.165, 1.54) is 17.5 Å². The summed E-state index contributed by atoms with van der Waals surface area (Å²) in [6, 6.07) is 16.4. The van der Waals surface area contributed by atoms with E-state index in [9.17, 15) is 0 Å². The summed E-state index contributed by atoms with van der Waals surface area (Å²) in [4.78, 5) is 0. The van der Waals surface area contributed by atoms with Gasteiger partial charge in [0.2, 0.25) is 0 Å². The van der Waals surface area contributed by atoms with Crippen molar-refractivity contribution in [2.45, 2.75) is 38.5 Å². The van der Waals surface area contributed by atoms with Gasteiger partial charge in [0, 0.05) is 11.4 Å². The second kappa shape index (κ2) is 6.47. The van der Waals surface area contributed by atoms with Gasteiger partial charge in [-0.1, -0.05) is 38.1 Å². The summed E-state index contributed by atoms with van der Waals surface area (Å²) in [5, 5.41) is 0. The first-order valence-electron chi connectivity index (χ1n) is 7.27. The molecule has 106 valence electrons.